The van der Waals surface area contributed by atoms with Crippen molar-refractivity contribution in [3.05, 3.63) is 124 Å². The fourth-order valence-corrected chi connectivity index (χ4v) is 13.1. The fraction of sp³-hybridized carbons (Fsp3) is 0.464. The monoisotopic (exact) mass is 1070 g/mol. The molecule has 1 amide bonds. The fourth-order valence-electron chi connectivity index (χ4n) is 12.1. The van der Waals surface area contributed by atoms with Gasteiger partial charge in [0, 0.05) is 88.0 Å². The summed E-state index contributed by atoms with van der Waals surface area (Å²) < 4.78 is 62.4. The summed E-state index contributed by atoms with van der Waals surface area (Å²) in [6.07, 6.45) is 12.0. The largest absolute Gasteiger partial charge is 0.486 e. The molecule has 7 heterocycles. The molecule has 4 N–H and O–H groups in total. The van der Waals surface area contributed by atoms with E-state index in [1.165, 1.54) is 35.7 Å². The second-order valence-electron chi connectivity index (χ2n) is 22.2. The maximum absolute atomic E-state index is 14.7. The summed E-state index contributed by atoms with van der Waals surface area (Å²) >= 11 is 0. The third kappa shape index (κ3) is 11.1. The topological polar surface area (TPSA) is 231 Å². The number of hydrogen-bond donors (Lipinski definition) is 4. The number of H-pyrrole nitrogens is 1. The van der Waals surface area contributed by atoms with Crippen LogP contribution >= 0.6 is 0 Å². The number of carbonyl (C=O) groups excluding carboxylic acids is 1. The van der Waals surface area contributed by atoms with E-state index in [0.717, 1.165) is 94.3 Å². The quantitative estimate of drug-likeness (QED) is 0.0556. The zero-order chi connectivity index (χ0) is 53.6. The third-order valence-corrected chi connectivity index (χ3v) is 17.9. The lowest BCUT2D eigenvalue weighted by molar-refractivity contribution is -0.384. The molecule has 21 heteroatoms. The zero-order valence-corrected chi connectivity index (χ0v) is 44.4. The molecule has 1 spiro atoms. The number of benzene rings is 2. The van der Waals surface area contributed by atoms with Gasteiger partial charge >= 0.3 is 5.69 Å². The Balaban J connectivity index is 0.783. The van der Waals surface area contributed by atoms with Crippen molar-refractivity contribution < 1.29 is 41.8 Å². The first-order chi connectivity index (χ1) is 37.0. The summed E-state index contributed by atoms with van der Waals surface area (Å²) in [4.78, 5) is 48.4. The molecular weight excluding hydrogens is 1010 g/mol. The highest BCUT2D eigenvalue weighted by molar-refractivity contribution is 7.90. The number of sulfonamides is 1. The van der Waals surface area contributed by atoms with Gasteiger partial charge in [0.05, 0.1) is 45.8 Å². The number of piperidine rings is 1. The highest BCUT2D eigenvalue weighted by Gasteiger charge is 2.50. The van der Waals surface area contributed by atoms with E-state index in [2.05, 4.69) is 77.8 Å². The van der Waals surface area contributed by atoms with Crippen molar-refractivity contribution in [3.8, 4) is 23.0 Å². The number of aliphatic hydroxyl groups is 1. The van der Waals surface area contributed by atoms with E-state index < -0.39 is 42.9 Å². The molecule has 2 saturated heterocycles. The standard InChI is InChI=1S/C56H65FN10O9S/c1-35(2)42-6-4-5-7-43(42)48-34-64(33-37-22-50-51(32-58-37)75-21-20-74-50)18-19-66(48)39-26-56(27-39)14-16-65(17-15-56)38-8-9-44(49(23-38)76-40-24-45-46(57)31-62-52(45)60-29-40)54(68)63-77(72,73)41-25-47(67(70)71)53(61-30-41)59-28-36-10-12-55(3,69)13-11-36/h4-9,22-25,29-32,35-36,39,48,69H,10-21,26-28,33-34H2,1-3H3,(H,59,61)(H,60,62)(H,63,68)/t36?,48-,55?/m0/s1. The molecule has 6 aromatic rings. The Labute approximate surface area is 446 Å². The Kier molecular flexibility index (Phi) is 14.3. The van der Waals surface area contributed by atoms with E-state index in [1.54, 1.807) is 25.3 Å². The number of amides is 1. The van der Waals surface area contributed by atoms with Gasteiger partial charge in [0.25, 0.3) is 15.9 Å². The number of nitrogens with one attached hydrogen (secondary N) is 3. The van der Waals surface area contributed by atoms with Crippen LogP contribution in [0.3, 0.4) is 0 Å². The van der Waals surface area contributed by atoms with E-state index in [1.807, 2.05) is 6.07 Å². The van der Waals surface area contributed by atoms with Crippen molar-refractivity contribution in [2.24, 2.45) is 11.3 Å². The molecule has 3 aliphatic heterocycles. The minimum absolute atomic E-state index is 0.000727. The maximum Gasteiger partial charge on any atom is 0.312 e. The number of piperazine rings is 1. The number of aromatic amines is 1. The van der Waals surface area contributed by atoms with E-state index >= 15 is 0 Å². The van der Waals surface area contributed by atoms with Gasteiger partial charge in [0.1, 0.15) is 41.1 Å². The molecule has 77 heavy (non-hydrogen) atoms. The van der Waals surface area contributed by atoms with Gasteiger partial charge in [-0.3, -0.25) is 29.7 Å². The maximum atomic E-state index is 14.7. The Morgan fingerprint density at radius 1 is 0.961 bits per heavy atom. The van der Waals surface area contributed by atoms with Gasteiger partial charge in [-0.1, -0.05) is 38.1 Å². The normalized spacial score (nSPS) is 22.0. The molecule has 2 aliphatic carbocycles. The summed E-state index contributed by atoms with van der Waals surface area (Å²) in [5.41, 5.74) is 3.46. The molecule has 5 aliphatic rings. The minimum atomic E-state index is -4.71. The van der Waals surface area contributed by atoms with Crippen LogP contribution in [0.5, 0.6) is 23.0 Å². The number of nitro groups is 1. The Bertz CT molecular complexity index is 3290. The van der Waals surface area contributed by atoms with Gasteiger partial charge in [-0.05, 0) is 105 Å². The summed E-state index contributed by atoms with van der Waals surface area (Å²) in [5.74, 6) is 0.351. The summed E-state index contributed by atoms with van der Waals surface area (Å²) in [6.45, 7) is 12.6. The van der Waals surface area contributed by atoms with Crippen LogP contribution in [0, 0.1) is 27.3 Å². The lowest BCUT2D eigenvalue weighted by atomic mass is 9.59. The zero-order valence-electron chi connectivity index (χ0n) is 43.5. The lowest BCUT2D eigenvalue weighted by Crippen LogP contribution is -2.60. The predicted octanol–water partition coefficient (Wildman–Crippen LogP) is 8.87. The number of hydrogen-bond acceptors (Lipinski definition) is 16. The van der Waals surface area contributed by atoms with Crippen LogP contribution in [-0.2, 0) is 16.6 Å². The van der Waals surface area contributed by atoms with Crippen LogP contribution in [0.1, 0.15) is 111 Å². The van der Waals surface area contributed by atoms with Crippen molar-refractivity contribution in [1.29, 1.82) is 0 Å². The first kappa shape index (κ1) is 52.1. The predicted molar refractivity (Wildman–Crippen MR) is 287 cm³/mol. The molecule has 0 radical (unpaired) electrons. The highest BCUT2D eigenvalue weighted by Crippen LogP contribution is 2.53. The number of nitrogens with zero attached hydrogens (tertiary/aromatic N) is 7. The van der Waals surface area contributed by atoms with Crippen LogP contribution < -0.4 is 29.1 Å². The lowest BCUT2D eigenvalue weighted by Gasteiger charge is -2.58. The van der Waals surface area contributed by atoms with Gasteiger partial charge in [0.15, 0.2) is 11.5 Å². The Morgan fingerprint density at radius 2 is 1.73 bits per heavy atom. The van der Waals surface area contributed by atoms with Gasteiger partial charge < -0.3 is 34.5 Å². The molecule has 0 unspecified atom stereocenters. The molecule has 2 aromatic carbocycles. The summed E-state index contributed by atoms with van der Waals surface area (Å²) in [5, 5.41) is 25.7. The van der Waals surface area contributed by atoms with E-state index in [0.29, 0.717) is 68.8 Å². The molecule has 1 atom stereocenters. The van der Waals surface area contributed by atoms with Crippen LogP contribution in [-0.4, -0.2) is 118 Å². The van der Waals surface area contributed by atoms with Crippen LogP contribution in [0.25, 0.3) is 11.0 Å². The Hall–Kier alpha value is -6.94. The molecule has 2 saturated carbocycles. The second kappa shape index (κ2) is 21.1. The smallest absolute Gasteiger partial charge is 0.312 e. The van der Waals surface area contributed by atoms with E-state index in [-0.39, 0.29) is 45.6 Å². The number of aromatic nitrogens is 4. The number of anilines is 2. The van der Waals surface area contributed by atoms with Crippen molar-refractivity contribution >= 4 is 44.2 Å². The number of ether oxygens (including phenoxy) is 3. The van der Waals surface area contributed by atoms with Crippen LogP contribution in [0.15, 0.2) is 90.3 Å². The average Bonchev–Trinajstić information content (AvgIpc) is 3.79. The minimum Gasteiger partial charge on any atom is -0.486 e. The molecule has 19 nitrogen and oxygen atoms in total. The molecule has 406 valence electrons. The SMILES string of the molecule is CC(C)c1ccccc1[C@@H]1CN(Cc2cc3c(cn2)OCCO3)CCN1C1CC2(CCN(c3ccc(C(=O)NS(=O)(=O)c4cnc(NCC5CCC(C)(O)CC5)c([N+](=O)[O-])c4)c(Oc4cnc5[nH]cc(F)c5c4)c3)CC2)C1. The highest BCUT2D eigenvalue weighted by atomic mass is 32.2. The number of carbonyl (C=O) groups is 1. The van der Waals surface area contributed by atoms with Gasteiger partial charge in [-0.15, -0.1) is 0 Å². The average molecular weight is 1070 g/mol. The number of halogens is 1. The number of fused-ring (bicyclic) bond motifs is 2. The van der Waals surface area contributed by atoms with E-state index in [9.17, 15) is 32.8 Å². The number of pyridine rings is 3. The van der Waals surface area contributed by atoms with Crippen LogP contribution in [0.4, 0.5) is 21.6 Å². The first-order valence-corrected chi connectivity index (χ1v) is 28.2. The van der Waals surface area contributed by atoms with Gasteiger partial charge in [-0.2, -0.15) is 0 Å². The molecule has 11 rings (SSSR count). The van der Waals surface area contributed by atoms with Crippen LogP contribution in [0.2, 0.25) is 0 Å². The van der Waals surface area contributed by atoms with Crippen molar-refractivity contribution in [2.75, 3.05) is 62.7 Å². The van der Waals surface area contributed by atoms with Crippen molar-refractivity contribution in [1.82, 2.24) is 34.5 Å². The number of rotatable bonds is 15. The Morgan fingerprint density at radius 3 is 2.49 bits per heavy atom. The van der Waals surface area contributed by atoms with Crippen molar-refractivity contribution in [2.45, 2.75) is 107 Å². The molecule has 0 bridgehead atoms. The summed E-state index contributed by atoms with van der Waals surface area (Å²) in [6, 6.07) is 18.7. The first-order valence-electron chi connectivity index (χ1n) is 26.7. The summed E-state index contributed by atoms with van der Waals surface area (Å²) in [7, 11) is -4.71. The molecule has 4 fully saturated rings. The van der Waals surface area contributed by atoms with Gasteiger partial charge in [-0.25, -0.2) is 27.5 Å². The third-order valence-electron chi connectivity index (χ3n) is 16.6. The van der Waals surface area contributed by atoms with E-state index in [4.69, 9.17) is 19.2 Å². The molecular formula is C56H65FN10O9S. The second-order valence-corrected chi connectivity index (χ2v) is 23.9. The molecule has 4 aromatic heterocycles. The van der Waals surface area contributed by atoms with Crippen molar-refractivity contribution in [3.63, 3.8) is 0 Å². The van der Waals surface area contributed by atoms with Gasteiger partial charge in [0.2, 0.25) is 5.82 Å².